The molecule has 3 N–H and O–H groups in total. The predicted molar refractivity (Wildman–Crippen MR) is 110 cm³/mol. The molecule has 0 unspecified atom stereocenters. The number of guanidine groups is 1. The van der Waals surface area contributed by atoms with Crippen molar-refractivity contribution in [1.82, 2.24) is 5.32 Å². The lowest BCUT2D eigenvalue weighted by molar-refractivity contribution is 0.107. The fourth-order valence-electron chi connectivity index (χ4n) is 2.16. The number of aliphatic imine (C=N–C) groups is 1. The molecule has 0 amide bonds. The van der Waals surface area contributed by atoms with Crippen molar-refractivity contribution in [3.05, 3.63) is 71.3 Å². The molecule has 0 radical (unpaired) electrons. The first-order valence-electron chi connectivity index (χ1n) is 8.01. The maximum atomic E-state index is 5.80. The summed E-state index contributed by atoms with van der Waals surface area (Å²) in [5.41, 5.74) is 9.27. The summed E-state index contributed by atoms with van der Waals surface area (Å²) in [6.07, 6.45) is 1.03. The molecule has 5 heteroatoms. The standard InChI is InChI=1S/C19H25N3O.HI/c1-2-11-21-19(20)22-13-17-9-6-10-18(12-17)15-23-14-16-7-4-3-5-8-16;/h3-10,12H,2,11,13-15H2,1H3,(H3,20,21,22);1H. The van der Waals surface area contributed by atoms with Crippen LogP contribution in [0.1, 0.15) is 30.0 Å². The van der Waals surface area contributed by atoms with Gasteiger partial charge >= 0.3 is 0 Å². The quantitative estimate of drug-likeness (QED) is 0.374. The van der Waals surface area contributed by atoms with Crippen LogP contribution in [0, 0.1) is 0 Å². The van der Waals surface area contributed by atoms with Crippen LogP contribution in [0.25, 0.3) is 0 Å². The molecule has 0 aliphatic heterocycles. The smallest absolute Gasteiger partial charge is 0.188 e. The van der Waals surface area contributed by atoms with Gasteiger partial charge in [-0.1, -0.05) is 61.5 Å². The number of nitrogens with one attached hydrogen (secondary N) is 1. The molecule has 0 fully saturated rings. The Hall–Kier alpha value is -1.60. The lowest BCUT2D eigenvalue weighted by Crippen LogP contribution is -2.32. The Balaban J connectivity index is 0.00000288. The van der Waals surface area contributed by atoms with Crippen LogP contribution in [-0.2, 0) is 24.5 Å². The van der Waals surface area contributed by atoms with Crippen molar-refractivity contribution in [2.45, 2.75) is 33.1 Å². The van der Waals surface area contributed by atoms with Crippen LogP contribution < -0.4 is 11.1 Å². The number of benzene rings is 2. The number of nitrogens with zero attached hydrogens (tertiary/aromatic N) is 1. The molecular formula is C19H26IN3O. The normalized spacial score (nSPS) is 11.0. The average Bonchev–Trinajstić information content (AvgIpc) is 2.59. The molecule has 2 rings (SSSR count). The highest BCUT2D eigenvalue weighted by Gasteiger charge is 1.98. The third-order valence-corrected chi connectivity index (χ3v) is 3.36. The number of halogens is 1. The lowest BCUT2D eigenvalue weighted by Gasteiger charge is -2.07. The third-order valence-electron chi connectivity index (χ3n) is 3.36. The summed E-state index contributed by atoms with van der Waals surface area (Å²) < 4.78 is 5.77. The van der Waals surface area contributed by atoms with Gasteiger partial charge in [0.05, 0.1) is 19.8 Å². The van der Waals surface area contributed by atoms with Crippen LogP contribution in [0.2, 0.25) is 0 Å². The highest BCUT2D eigenvalue weighted by atomic mass is 127. The first kappa shape index (κ1) is 20.4. The Bertz CT molecular complexity index is 617. The van der Waals surface area contributed by atoms with E-state index in [0.717, 1.165) is 24.1 Å². The molecule has 0 bridgehead atoms. The van der Waals surface area contributed by atoms with E-state index in [9.17, 15) is 0 Å². The van der Waals surface area contributed by atoms with Gasteiger partial charge in [0.1, 0.15) is 0 Å². The van der Waals surface area contributed by atoms with Crippen LogP contribution in [0.5, 0.6) is 0 Å². The number of hydrogen-bond acceptors (Lipinski definition) is 2. The Morgan fingerprint density at radius 3 is 2.42 bits per heavy atom. The maximum Gasteiger partial charge on any atom is 0.188 e. The zero-order valence-corrected chi connectivity index (χ0v) is 16.4. The SMILES string of the molecule is CCCNC(N)=NCc1cccc(COCc2ccccc2)c1.I. The monoisotopic (exact) mass is 439 g/mol. The van der Waals surface area contributed by atoms with Gasteiger partial charge in [-0.15, -0.1) is 24.0 Å². The van der Waals surface area contributed by atoms with E-state index in [1.165, 1.54) is 5.56 Å². The second kappa shape index (κ2) is 11.9. The zero-order valence-electron chi connectivity index (χ0n) is 14.1. The molecule has 2 aromatic rings. The Kier molecular flexibility index (Phi) is 10.1. The third kappa shape index (κ3) is 7.79. The molecule has 24 heavy (non-hydrogen) atoms. The van der Waals surface area contributed by atoms with Gasteiger partial charge in [0.15, 0.2) is 5.96 Å². The second-order valence-corrected chi connectivity index (χ2v) is 5.43. The molecular weight excluding hydrogens is 413 g/mol. The summed E-state index contributed by atoms with van der Waals surface area (Å²) in [6, 6.07) is 18.4. The average molecular weight is 439 g/mol. The minimum Gasteiger partial charge on any atom is -0.372 e. The number of rotatable bonds is 8. The van der Waals surface area contributed by atoms with E-state index in [0.29, 0.717) is 25.7 Å². The highest BCUT2D eigenvalue weighted by Crippen LogP contribution is 2.09. The molecule has 0 atom stereocenters. The van der Waals surface area contributed by atoms with Crippen molar-refractivity contribution in [2.75, 3.05) is 6.54 Å². The van der Waals surface area contributed by atoms with Crippen molar-refractivity contribution in [2.24, 2.45) is 10.7 Å². The van der Waals surface area contributed by atoms with E-state index < -0.39 is 0 Å². The summed E-state index contributed by atoms with van der Waals surface area (Å²) in [4.78, 5) is 4.34. The van der Waals surface area contributed by atoms with E-state index in [1.807, 2.05) is 24.3 Å². The molecule has 0 aliphatic rings. The van der Waals surface area contributed by atoms with Crippen molar-refractivity contribution in [1.29, 1.82) is 0 Å². The van der Waals surface area contributed by atoms with E-state index in [2.05, 4.69) is 47.6 Å². The summed E-state index contributed by atoms with van der Waals surface area (Å²) >= 11 is 0. The van der Waals surface area contributed by atoms with Crippen molar-refractivity contribution < 1.29 is 4.74 Å². The van der Waals surface area contributed by atoms with Crippen LogP contribution in [-0.4, -0.2) is 12.5 Å². The van der Waals surface area contributed by atoms with Crippen molar-refractivity contribution in [3.63, 3.8) is 0 Å². The summed E-state index contributed by atoms with van der Waals surface area (Å²) in [7, 11) is 0. The van der Waals surface area contributed by atoms with E-state index in [4.69, 9.17) is 10.5 Å². The number of hydrogen-bond donors (Lipinski definition) is 2. The Morgan fingerprint density at radius 1 is 1.00 bits per heavy atom. The molecule has 0 saturated heterocycles. The molecule has 0 heterocycles. The molecule has 0 spiro atoms. The molecule has 130 valence electrons. The van der Waals surface area contributed by atoms with Crippen LogP contribution in [0.15, 0.2) is 59.6 Å². The topological polar surface area (TPSA) is 59.6 Å². The molecule has 2 aromatic carbocycles. The highest BCUT2D eigenvalue weighted by molar-refractivity contribution is 14.0. The molecule has 0 aliphatic carbocycles. The molecule has 4 nitrogen and oxygen atoms in total. The summed E-state index contributed by atoms with van der Waals surface area (Å²) in [5, 5.41) is 3.07. The Labute approximate surface area is 161 Å². The van der Waals surface area contributed by atoms with Crippen LogP contribution in [0.3, 0.4) is 0 Å². The summed E-state index contributed by atoms with van der Waals surface area (Å²) in [5.74, 6) is 0.498. The predicted octanol–water partition coefficient (Wildman–Crippen LogP) is 3.84. The van der Waals surface area contributed by atoms with E-state index >= 15 is 0 Å². The first-order chi connectivity index (χ1) is 11.3. The second-order valence-electron chi connectivity index (χ2n) is 5.43. The minimum atomic E-state index is 0. The van der Waals surface area contributed by atoms with Crippen molar-refractivity contribution in [3.8, 4) is 0 Å². The number of ether oxygens (including phenoxy) is 1. The molecule has 0 aromatic heterocycles. The van der Waals surface area contributed by atoms with Gasteiger partial charge in [0.2, 0.25) is 0 Å². The largest absolute Gasteiger partial charge is 0.372 e. The van der Waals surface area contributed by atoms with Crippen LogP contribution >= 0.6 is 24.0 Å². The fraction of sp³-hybridized carbons (Fsp3) is 0.316. The lowest BCUT2D eigenvalue weighted by atomic mass is 10.1. The van der Waals surface area contributed by atoms with Crippen molar-refractivity contribution >= 4 is 29.9 Å². The van der Waals surface area contributed by atoms with Gasteiger partial charge in [-0.3, -0.25) is 0 Å². The van der Waals surface area contributed by atoms with Gasteiger partial charge in [-0.2, -0.15) is 0 Å². The van der Waals surface area contributed by atoms with Gasteiger partial charge < -0.3 is 15.8 Å². The van der Waals surface area contributed by atoms with Gasteiger partial charge in [0, 0.05) is 6.54 Å². The maximum absolute atomic E-state index is 5.80. The van der Waals surface area contributed by atoms with Gasteiger partial charge in [0.25, 0.3) is 0 Å². The zero-order chi connectivity index (χ0) is 16.3. The molecule has 0 saturated carbocycles. The van der Waals surface area contributed by atoms with Crippen LogP contribution in [0.4, 0.5) is 0 Å². The van der Waals surface area contributed by atoms with Gasteiger partial charge in [-0.05, 0) is 23.1 Å². The van der Waals surface area contributed by atoms with E-state index in [1.54, 1.807) is 0 Å². The minimum absolute atomic E-state index is 0. The van der Waals surface area contributed by atoms with Gasteiger partial charge in [-0.25, -0.2) is 4.99 Å². The fourth-order valence-corrected chi connectivity index (χ4v) is 2.16. The number of nitrogens with two attached hydrogens (primary N) is 1. The van der Waals surface area contributed by atoms with E-state index in [-0.39, 0.29) is 24.0 Å². The first-order valence-corrected chi connectivity index (χ1v) is 8.01. The Morgan fingerprint density at radius 2 is 1.67 bits per heavy atom. The summed E-state index contributed by atoms with van der Waals surface area (Å²) in [6.45, 7) is 4.74.